The van der Waals surface area contributed by atoms with Gasteiger partial charge in [-0.3, -0.25) is 9.10 Å². The number of hydrogen-bond acceptors (Lipinski definition) is 3. The first-order chi connectivity index (χ1) is 15.1. The maximum atomic E-state index is 13.5. The number of amides is 1. The number of sulfonamides is 1. The Balaban J connectivity index is 1.99. The molecule has 5 nitrogen and oxygen atoms in total. The van der Waals surface area contributed by atoms with Crippen molar-refractivity contribution in [3.8, 4) is 0 Å². The van der Waals surface area contributed by atoms with Crippen LogP contribution in [0, 0.1) is 20.8 Å². The van der Waals surface area contributed by atoms with Crippen LogP contribution in [-0.4, -0.2) is 20.9 Å². The summed E-state index contributed by atoms with van der Waals surface area (Å²) in [5, 5.41) is 2.91. The number of rotatable bonds is 7. The zero-order chi connectivity index (χ0) is 23.5. The second kappa shape index (κ2) is 9.57. The van der Waals surface area contributed by atoms with Gasteiger partial charge in [0.15, 0.2) is 0 Å². The smallest absolute Gasteiger partial charge is 0.264 e. The van der Waals surface area contributed by atoms with Gasteiger partial charge in [-0.2, -0.15) is 0 Å². The first-order valence-electron chi connectivity index (χ1n) is 10.6. The molecule has 168 valence electrons. The summed E-state index contributed by atoms with van der Waals surface area (Å²) < 4.78 is 28.3. The molecule has 6 heteroatoms. The molecule has 0 saturated heterocycles. The van der Waals surface area contributed by atoms with Gasteiger partial charge >= 0.3 is 0 Å². The Hall–Kier alpha value is -3.12. The Kier molecular flexibility index (Phi) is 7.04. The highest BCUT2D eigenvalue weighted by molar-refractivity contribution is 7.92. The lowest BCUT2D eigenvalue weighted by atomic mass is 10.0. The fourth-order valence-corrected chi connectivity index (χ4v) is 4.88. The summed E-state index contributed by atoms with van der Waals surface area (Å²) in [6.07, 6.45) is 0. The second-order valence-corrected chi connectivity index (χ2v) is 10.2. The van der Waals surface area contributed by atoms with E-state index >= 15 is 0 Å². The van der Waals surface area contributed by atoms with E-state index in [4.69, 9.17) is 0 Å². The lowest BCUT2D eigenvalue weighted by Crippen LogP contribution is -2.38. The third kappa shape index (κ3) is 5.19. The predicted octanol–water partition coefficient (Wildman–Crippen LogP) is 5.57. The molecule has 0 aliphatic carbocycles. The molecule has 0 heterocycles. The molecule has 3 aromatic carbocycles. The molecule has 1 N–H and O–H groups in total. The molecule has 0 aliphatic rings. The summed E-state index contributed by atoms with van der Waals surface area (Å²) in [7, 11) is -3.94. The summed E-state index contributed by atoms with van der Waals surface area (Å²) in [5.41, 5.74) is 5.12. The molecule has 0 aliphatic heterocycles. The number of aryl methyl sites for hydroxylation is 3. The van der Waals surface area contributed by atoms with E-state index in [0.29, 0.717) is 11.4 Å². The topological polar surface area (TPSA) is 66.5 Å². The van der Waals surface area contributed by atoms with Gasteiger partial charge in [0, 0.05) is 5.69 Å². The molecule has 0 fully saturated rings. The monoisotopic (exact) mass is 450 g/mol. The van der Waals surface area contributed by atoms with E-state index in [-0.39, 0.29) is 17.4 Å². The number of carbonyl (C=O) groups is 1. The van der Waals surface area contributed by atoms with Crippen molar-refractivity contribution < 1.29 is 13.2 Å². The minimum Gasteiger partial charge on any atom is -0.324 e. The van der Waals surface area contributed by atoms with E-state index < -0.39 is 15.9 Å². The van der Waals surface area contributed by atoms with E-state index in [1.807, 2.05) is 65.0 Å². The van der Waals surface area contributed by atoms with Crippen LogP contribution in [0.5, 0.6) is 0 Å². The van der Waals surface area contributed by atoms with Crippen molar-refractivity contribution in [2.45, 2.75) is 45.4 Å². The van der Waals surface area contributed by atoms with Gasteiger partial charge in [0.05, 0.1) is 10.6 Å². The highest BCUT2D eigenvalue weighted by atomic mass is 32.2. The molecule has 0 spiro atoms. The van der Waals surface area contributed by atoms with Crippen LogP contribution in [0.25, 0.3) is 0 Å². The molecule has 0 unspecified atom stereocenters. The number of anilines is 2. The third-order valence-corrected chi connectivity index (χ3v) is 7.32. The van der Waals surface area contributed by atoms with Crippen LogP contribution in [-0.2, 0) is 14.8 Å². The quantitative estimate of drug-likeness (QED) is 0.512. The SMILES string of the molecule is Cc1ccc(S(=O)(=O)N(CC(=O)Nc2ccccc2C(C)C)c2ccc(C)c(C)c2)cc1. The van der Waals surface area contributed by atoms with Gasteiger partial charge in [-0.15, -0.1) is 0 Å². The van der Waals surface area contributed by atoms with Crippen LogP contribution in [0.2, 0.25) is 0 Å². The van der Waals surface area contributed by atoms with Crippen LogP contribution < -0.4 is 9.62 Å². The van der Waals surface area contributed by atoms with E-state index in [1.165, 1.54) is 4.31 Å². The van der Waals surface area contributed by atoms with E-state index in [2.05, 4.69) is 5.32 Å². The molecule has 0 aromatic heterocycles. The Morgan fingerprint density at radius 3 is 2.19 bits per heavy atom. The third-order valence-electron chi connectivity index (χ3n) is 5.53. The van der Waals surface area contributed by atoms with Gasteiger partial charge in [-0.1, -0.05) is 55.8 Å². The molecule has 0 saturated carbocycles. The average Bonchev–Trinajstić information content (AvgIpc) is 2.74. The first kappa shape index (κ1) is 23.5. The molecule has 3 rings (SSSR count). The maximum absolute atomic E-state index is 13.5. The van der Waals surface area contributed by atoms with E-state index in [1.54, 1.807) is 36.4 Å². The Morgan fingerprint density at radius 1 is 0.906 bits per heavy atom. The van der Waals surface area contributed by atoms with Gasteiger partial charge in [0.2, 0.25) is 5.91 Å². The molecule has 3 aromatic rings. The molecule has 0 radical (unpaired) electrons. The van der Waals surface area contributed by atoms with Crippen LogP contribution in [0.4, 0.5) is 11.4 Å². The Bertz CT molecular complexity index is 1220. The highest BCUT2D eigenvalue weighted by Gasteiger charge is 2.27. The van der Waals surface area contributed by atoms with Crippen LogP contribution in [0.1, 0.15) is 42.0 Å². The zero-order valence-electron chi connectivity index (χ0n) is 19.2. The number of nitrogens with zero attached hydrogens (tertiary/aromatic N) is 1. The van der Waals surface area contributed by atoms with Crippen LogP contribution >= 0.6 is 0 Å². The summed E-state index contributed by atoms with van der Waals surface area (Å²) in [6.45, 7) is 9.56. The van der Waals surface area contributed by atoms with Crippen LogP contribution in [0.15, 0.2) is 71.6 Å². The summed E-state index contributed by atoms with van der Waals surface area (Å²) in [4.78, 5) is 13.2. The van der Waals surface area contributed by atoms with Crippen molar-refractivity contribution in [2.75, 3.05) is 16.2 Å². The van der Waals surface area contributed by atoms with Crippen molar-refractivity contribution in [3.05, 3.63) is 89.0 Å². The Labute approximate surface area is 191 Å². The maximum Gasteiger partial charge on any atom is 0.264 e. The number of benzene rings is 3. The minimum atomic E-state index is -3.94. The molecule has 0 atom stereocenters. The number of hydrogen-bond donors (Lipinski definition) is 1. The van der Waals surface area contributed by atoms with Crippen molar-refractivity contribution >= 4 is 27.3 Å². The standard InChI is InChI=1S/C26H30N2O3S/c1-18(2)24-8-6-7-9-25(24)27-26(29)17-28(22-13-12-20(4)21(5)16-22)32(30,31)23-14-10-19(3)11-15-23/h6-16,18H,17H2,1-5H3,(H,27,29). The lowest BCUT2D eigenvalue weighted by Gasteiger charge is -2.25. The average molecular weight is 451 g/mol. The molecule has 0 bridgehead atoms. The van der Waals surface area contributed by atoms with Gasteiger partial charge in [-0.05, 0) is 73.7 Å². The highest BCUT2D eigenvalue weighted by Crippen LogP contribution is 2.27. The second-order valence-electron chi connectivity index (χ2n) is 8.38. The molecule has 32 heavy (non-hydrogen) atoms. The lowest BCUT2D eigenvalue weighted by molar-refractivity contribution is -0.114. The van der Waals surface area contributed by atoms with Gasteiger partial charge in [0.1, 0.15) is 6.54 Å². The van der Waals surface area contributed by atoms with Gasteiger partial charge in [0.25, 0.3) is 10.0 Å². The minimum absolute atomic E-state index is 0.150. The number of para-hydroxylation sites is 1. The van der Waals surface area contributed by atoms with Crippen molar-refractivity contribution in [1.29, 1.82) is 0 Å². The largest absolute Gasteiger partial charge is 0.324 e. The number of carbonyl (C=O) groups excluding carboxylic acids is 1. The van der Waals surface area contributed by atoms with Crippen molar-refractivity contribution in [3.63, 3.8) is 0 Å². The van der Waals surface area contributed by atoms with Gasteiger partial charge < -0.3 is 5.32 Å². The van der Waals surface area contributed by atoms with E-state index in [0.717, 1.165) is 22.3 Å². The fraction of sp³-hybridized carbons (Fsp3) is 0.269. The molecular formula is C26H30N2O3S. The summed E-state index contributed by atoms with van der Waals surface area (Å²) in [6, 6.07) is 19.6. The van der Waals surface area contributed by atoms with Crippen molar-refractivity contribution in [1.82, 2.24) is 0 Å². The fourth-order valence-electron chi connectivity index (χ4n) is 3.47. The predicted molar refractivity (Wildman–Crippen MR) is 131 cm³/mol. The summed E-state index contributed by atoms with van der Waals surface area (Å²) >= 11 is 0. The van der Waals surface area contributed by atoms with Gasteiger partial charge in [-0.25, -0.2) is 8.42 Å². The normalized spacial score (nSPS) is 11.4. The first-order valence-corrected chi connectivity index (χ1v) is 12.1. The molecular weight excluding hydrogens is 420 g/mol. The summed E-state index contributed by atoms with van der Waals surface area (Å²) in [5.74, 6) is -0.175. The number of nitrogens with one attached hydrogen (secondary N) is 1. The zero-order valence-corrected chi connectivity index (χ0v) is 20.0. The van der Waals surface area contributed by atoms with Crippen LogP contribution in [0.3, 0.4) is 0 Å². The van der Waals surface area contributed by atoms with Crippen molar-refractivity contribution in [2.24, 2.45) is 0 Å². The Morgan fingerprint density at radius 2 is 1.56 bits per heavy atom. The molecule has 1 amide bonds. The van der Waals surface area contributed by atoms with E-state index in [9.17, 15) is 13.2 Å².